The van der Waals surface area contributed by atoms with Crippen molar-refractivity contribution in [2.45, 2.75) is 32.9 Å². The van der Waals surface area contributed by atoms with Gasteiger partial charge in [0.2, 0.25) is 0 Å². The van der Waals surface area contributed by atoms with E-state index in [1.807, 2.05) is 18.2 Å². The van der Waals surface area contributed by atoms with Gasteiger partial charge in [0.15, 0.2) is 0 Å². The van der Waals surface area contributed by atoms with E-state index in [2.05, 4.69) is 49.5 Å². The molecular weight excluding hydrogens is 254 g/mol. The second-order valence-electron chi connectivity index (χ2n) is 4.75. The summed E-state index contributed by atoms with van der Waals surface area (Å²) in [5.41, 5.74) is 3.92. The molecule has 1 unspecified atom stereocenters. The fourth-order valence-electron chi connectivity index (χ4n) is 2.27. The molecule has 0 radical (unpaired) electrons. The minimum absolute atomic E-state index is 0.249. The minimum Gasteiger partial charge on any atom is -0.306 e. The van der Waals surface area contributed by atoms with Crippen molar-refractivity contribution < 1.29 is 0 Å². The van der Waals surface area contributed by atoms with Crippen LogP contribution in [-0.2, 0) is 13.0 Å². The molecule has 0 saturated carbocycles. The fraction of sp³-hybridized carbons (Fsp3) is 0.294. The number of benzene rings is 2. The van der Waals surface area contributed by atoms with Crippen LogP contribution in [0, 0.1) is 0 Å². The lowest BCUT2D eigenvalue weighted by molar-refractivity contribution is 0.573. The Balaban J connectivity index is 2.04. The first kappa shape index (κ1) is 14.1. The lowest BCUT2D eigenvalue weighted by atomic mass is 10.0. The van der Waals surface area contributed by atoms with Gasteiger partial charge in [-0.3, -0.25) is 0 Å². The SMILES string of the molecule is CCc1ccccc1CNC(C)c1ccccc1Cl. The molecule has 0 saturated heterocycles. The first-order valence-electron chi connectivity index (χ1n) is 6.77. The second kappa shape index (κ2) is 6.74. The van der Waals surface area contributed by atoms with Crippen molar-refractivity contribution in [3.05, 3.63) is 70.2 Å². The average Bonchev–Trinajstić information content (AvgIpc) is 2.45. The van der Waals surface area contributed by atoms with E-state index in [-0.39, 0.29) is 6.04 Å². The summed E-state index contributed by atoms with van der Waals surface area (Å²) in [6.07, 6.45) is 1.07. The van der Waals surface area contributed by atoms with Crippen LogP contribution in [0.25, 0.3) is 0 Å². The van der Waals surface area contributed by atoms with Crippen LogP contribution in [0.3, 0.4) is 0 Å². The number of aryl methyl sites for hydroxylation is 1. The Morgan fingerprint density at radius 1 is 1.00 bits per heavy atom. The molecule has 0 fully saturated rings. The van der Waals surface area contributed by atoms with E-state index < -0.39 is 0 Å². The molecule has 1 N–H and O–H groups in total. The predicted molar refractivity (Wildman–Crippen MR) is 82.5 cm³/mol. The van der Waals surface area contributed by atoms with Gasteiger partial charge in [-0.1, -0.05) is 61.0 Å². The summed E-state index contributed by atoms with van der Waals surface area (Å²) in [6.45, 7) is 5.21. The van der Waals surface area contributed by atoms with Gasteiger partial charge in [-0.2, -0.15) is 0 Å². The monoisotopic (exact) mass is 273 g/mol. The molecule has 0 bridgehead atoms. The first-order valence-corrected chi connectivity index (χ1v) is 7.14. The summed E-state index contributed by atoms with van der Waals surface area (Å²) in [6, 6.07) is 16.8. The maximum atomic E-state index is 6.22. The Bertz CT molecular complexity index is 536. The zero-order chi connectivity index (χ0) is 13.7. The van der Waals surface area contributed by atoms with Gasteiger partial charge in [0.1, 0.15) is 0 Å². The molecule has 2 aromatic carbocycles. The van der Waals surface area contributed by atoms with Crippen molar-refractivity contribution in [3.63, 3.8) is 0 Å². The normalized spacial score (nSPS) is 12.4. The van der Waals surface area contributed by atoms with Crippen molar-refractivity contribution in [1.82, 2.24) is 5.32 Å². The van der Waals surface area contributed by atoms with E-state index in [1.54, 1.807) is 0 Å². The Labute approximate surface area is 120 Å². The quantitative estimate of drug-likeness (QED) is 0.829. The van der Waals surface area contributed by atoms with Gasteiger partial charge < -0.3 is 5.32 Å². The van der Waals surface area contributed by atoms with E-state index in [4.69, 9.17) is 11.6 Å². The summed E-state index contributed by atoms with van der Waals surface area (Å²) in [4.78, 5) is 0. The molecule has 2 rings (SSSR count). The van der Waals surface area contributed by atoms with Crippen LogP contribution >= 0.6 is 11.6 Å². The number of hydrogen-bond donors (Lipinski definition) is 1. The van der Waals surface area contributed by atoms with Crippen LogP contribution in [0.15, 0.2) is 48.5 Å². The fourth-order valence-corrected chi connectivity index (χ4v) is 2.57. The molecule has 19 heavy (non-hydrogen) atoms. The third-order valence-corrected chi connectivity index (χ3v) is 3.81. The number of hydrogen-bond acceptors (Lipinski definition) is 1. The summed E-state index contributed by atoms with van der Waals surface area (Å²) < 4.78 is 0. The maximum absolute atomic E-state index is 6.22. The minimum atomic E-state index is 0.249. The van der Waals surface area contributed by atoms with E-state index in [0.29, 0.717) is 0 Å². The van der Waals surface area contributed by atoms with Gasteiger partial charge in [-0.25, -0.2) is 0 Å². The maximum Gasteiger partial charge on any atom is 0.0453 e. The lowest BCUT2D eigenvalue weighted by Gasteiger charge is -2.17. The highest BCUT2D eigenvalue weighted by Crippen LogP contribution is 2.22. The third kappa shape index (κ3) is 3.59. The van der Waals surface area contributed by atoms with Gasteiger partial charge in [0.25, 0.3) is 0 Å². The van der Waals surface area contributed by atoms with Crippen molar-refractivity contribution in [3.8, 4) is 0 Å². The predicted octanol–water partition coefficient (Wildman–Crippen LogP) is 4.75. The third-order valence-electron chi connectivity index (χ3n) is 3.47. The van der Waals surface area contributed by atoms with Crippen LogP contribution in [0.4, 0.5) is 0 Å². The molecule has 0 aliphatic heterocycles. The molecule has 1 nitrogen and oxygen atoms in total. The molecule has 2 aromatic rings. The molecule has 0 heterocycles. The second-order valence-corrected chi connectivity index (χ2v) is 5.15. The Morgan fingerprint density at radius 2 is 1.63 bits per heavy atom. The highest BCUT2D eigenvalue weighted by molar-refractivity contribution is 6.31. The summed E-state index contributed by atoms with van der Waals surface area (Å²) in [7, 11) is 0. The van der Waals surface area contributed by atoms with E-state index in [0.717, 1.165) is 23.6 Å². The number of nitrogens with one attached hydrogen (secondary N) is 1. The summed E-state index contributed by atoms with van der Waals surface area (Å²) in [5, 5.41) is 4.37. The molecule has 1 atom stereocenters. The van der Waals surface area contributed by atoms with Gasteiger partial charge in [0.05, 0.1) is 0 Å². The van der Waals surface area contributed by atoms with Crippen LogP contribution < -0.4 is 5.32 Å². The van der Waals surface area contributed by atoms with Crippen molar-refractivity contribution in [2.24, 2.45) is 0 Å². The summed E-state index contributed by atoms with van der Waals surface area (Å²) in [5.74, 6) is 0. The van der Waals surface area contributed by atoms with Gasteiger partial charge in [-0.15, -0.1) is 0 Å². The van der Waals surface area contributed by atoms with Gasteiger partial charge >= 0.3 is 0 Å². The van der Waals surface area contributed by atoms with E-state index in [9.17, 15) is 0 Å². The Morgan fingerprint density at radius 3 is 2.32 bits per heavy atom. The summed E-state index contributed by atoms with van der Waals surface area (Å²) >= 11 is 6.22. The number of halogens is 1. The lowest BCUT2D eigenvalue weighted by Crippen LogP contribution is -2.19. The molecular formula is C17H20ClN. The van der Waals surface area contributed by atoms with Crippen LogP contribution in [-0.4, -0.2) is 0 Å². The smallest absolute Gasteiger partial charge is 0.0453 e. The van der Waals surface area contributed by atoms with Crippen LogP contribution in [0.5, 0.6) is 0 Å². The molecule has 0 spiro atoms. The van der Waals surface area contributed by atoms with E-state index >= 15 is 0 Å². The molecule has 0 amide bonds. The highest BCUT2D eigenvalue weighted by atomic mass is 35.5. The topological polar surface area (TPSA) is 12.0 Å². The molecule has 0 aliphatic carbocycles. The van der Waals surface area contributed by atoms with Crippen molar-refractivity contribution in [1.29, 1.82) is 0 Å². The van der Waals surface area contributed by atoms with E-state index in [1.165, 1.54) is 11.1 Å². The average molecular weight is 274 g/mol. The zero-order valence-electron chi connectivity index (χ0n) is 11.5. The zero-order valence-corrected chi connectivity index (χ0v) is 12.2. The first-order chi connectivity index (χ1) is 9.22. The van der Waals surface area contributed by atoms with Crippen molar-refractivity contribution in [2.75, 3.05) is 0 Å². The number of rotatable bonds is 5. The van der Waals surface area contributed by atoms with Crippen LogP contribution in [0.1, 0.15) is 36.6 Å². The Kier molecular flexibility index (Phi) is 5.00. The molecule has 2 heteroatoms. The highest BCUT2D eigenvalue weighted by Gasteiger charge is 2.09. The van der Waals surface area contributed by atoms with Crippen LogP contribution in [0.2, 0.25) is 5.02 Å². The molecule has 0 aromatic heterocycles. The van der Waals surface area contributed by atoms with Gasteiger partial charge in [-0.05, 0) is 36.1 Å². The Hall–Kier alpha value is -1.31. The largest absolute Gasteiger partial charge is 0.306 e. The molecule has 0 aliphatic rings. The van der Waals surface area contributed by atoms with Crippen molar-refractivity contribution >= 4 is 11.6 Å². The molecule has 100 valence electrons. The standard InChI is InChI=1S/C17H20ClN/c1-3-14-8-4-5-9-15(14)12-19-13(2)16-10-6-7-11-17(16)18/h4-11,13,19H,3,12H2,1-2H3. The van der Waals surface area contributed by atoms with Gasteiger partial charge in [0, 0.05) is 17.6 Å².